The van der Waals surface area contributed by atoms with E-state index in [4.69, 9.17) is 33.2 Å². The topological polar surface area (TPSA) is 55.6 Å². The smallest absolute Gasteiger partial charge is 0.306 e. The molecule has 7 heteroatoms. The van der Waals surface area contributed by atoms with Crippen molar-refractivity contribution in [3.05, 3.63) is 48.0 Å². The van der Waals surface area contributed by atoms with Gasteiger partial charge < -0.3 is 4.52 Å². The molecule has 0 saturated heterocycles. The fraction of sp³-hybridized carbons (Fsp3) is 0.467. The Balaban J connectivity index is 2.31. The summed E-state index contributed by atoms with van der Waals surface area (Å²) in [6.45, 7) is 1.10. The molecule has 0 aliphatic heterocycles. The van der Waals surface area contributed by atoms with Crippen LogP contribution in [0.25, 0.3) is 0 Å². The van der Waals surface area contributed by atoms with Gasteiger partial charge in [-0.05, 0) is 18.4 Å². The third kappa shape index (κ3) is 7.77. The lowest BCUT2D eigenvalue weighted by atomic mass is 10.1. The highest BCUT2D eigenvalue weighted by Crippen LogP contribution is 2.42. The summed E-state index contributed by atoms with van der Waals surface area (Å²) in [4.78, 5) is 0. The summed E-state index contributed by atoms with van der Waals surface area (Å²) in [5.41, 5.74) is 7.01. The van der Waals surface area contributed by atoms with Gasteiger partial charge >= 0.3 is 7.67 Å². The van der Waals surface area contributed by atoms with Gasteiger partial charge in [0.15, 0.2) is 0 Å². The van der Waals surface area contributed by atoms with Crippen molar-refractivity contribution in [1.82, 2.24) is 4.67 Å². The van der Waals surface area contributed by atoms with Gasteiger partial charge in [-0.15, -0.1) is 23.2 Å². The van der Waals surface area contributed by atoms with Gasteiger partial charge in [0.2, 0.25) is 0 Å². The lowest BCUT2D eigenvalue weighted by Gasteiger charge is -2.26. The largest absolute Gasteiger partial charge is 0.340 e. The van der Waals surface area contributed by atoms with Gasteiger partial charge in [-0.1, -0.05) is 42.5 Å². The van der Waals surface area contributed by atoms with Crippen LogP contribution in [0.15, 0.2) is 42.5 Å². The Morgan fingerprint density at radius 2 is 1.77 bits per heavy atom. The molecule has 4 nitrogen and oxygen atoms in total. The average Bonchev–Trinajstić information content (AvgIpc) is 2.51. The third-order valence-electron chi connectivity index (χ3n) is 3.00. The van der Waals surface area contributed by atoms with E-state index in [0.29, 0.717) is 37.9 Å². The van der Waals surface area contributed by atoms with Crippen molar-refractivity contribution in [2.24, 2.45) is 5.50 Å². The van der Waals surface area contributed by atoms with Crippen LogP contribution in [0.3, 0.4) is 0 Å². The minimum absolute atomic E-state index is 0.306. The van der Waals surface area contributed by atoms with E-state index in [1.165, 1.54) is 10.2 Å². The van der Waals surface area contributed by atoms with Crippen molar-refractivity contribution in [1.29, 1.82) is 0 Å². The van der Waals surface area contributed by atoms with Crippen LogP contribution in [0, 0.1) is 0 Å². The molecule has 1 rings (SSSR count). The molecular formula is C15H23Cl2N2O2P. The van der Waals surface area contributed by atoms with Crippen LogP contribution in [0.5, 0.6) is 0 Å². The normalized spacial score (nSPS) is 14.5. The van der Waals surface area contributed by atoms with E-state index in [1.807, 2.05) is 24.3 Å². The number of nitrogens with two attached hydrogens (primary N) is 1. The Morgan fingerprint density at radius 3 is 2.36 bits per heavy atom. The number of rotatable bonds is 11. The molecule has 0 heterocycles. The van der Waals surface area contributed by atoms with Crippen molar-refractivity contribution < 1.29 is 9.09 Å². The van der Waals surface area contributed by atoms with Crippen molar-refractivity contribution in [3.8, 4) is 0 Å². The highest BCUT2D eigenvalue weighted by atomic mass is 35.5. The molecular weight excluding hydrogens is 342 g/mol. The molecule has 0 bridgehead atoms. The second-order valence-electron chi connectivity index (χ2n) is 4.68. The summed E-state index contributed by atoms with van der Waals surface area (Å²) >= 11 is 11.3. The van der Waals surface area contributed by atoms with Gasteiger partial charge in [0.25, 0.3) is 0 Å². The fourth-order valence-corrected chi connectivity index (χ4v) is 3.80. The zero-order chi connectivity index (χ0) is 16.3. The highest BCUT2D eigenvalue weighted by Gasteiger charge is 2.25. The van der Waals surface area contributed by atoms with Crippen molar-refractivity contribution in [2.75, 3.05) is 31.5 Å². The van der Waals surface area contributed by atoms with Crippen molar-refractivity contribution >= 4 is 30.9 Å². The predicted molar refractivity (Wildman–Crippen MR) is 94.7 cm³/mol. The third-order valence-corrected chi connectivity index (χ3v) is 5.08. The summed E-state index contributed by atoms with van der Waals surface area (Å²) in [6.07, 6.45) is 5.59. The number of benzene rings is 1. The lowest BCUT2D eigenvalue weighted by Crippen LogP contribution is -2.29. The number of nitrogens with zero attached hydrogens (tertiary/aromatic N) is 1. The maximum absolute atomic E-state index is 12.3. The molecule has 0 spiro atoms. The average molecular weight is 365 g/mol. The first-order chi connectivity index (χ1) is 10.6. The Bertz CT molecular complexity index is 480. The SMILES string of the molecule is NP(=O)(OCC/C=C\Cc1ccccc1)N(CCCl)CCCl. The number of allylic oxidation sites excluding steroid dienone is 1. The van der Waals surface area contributed by atoms with Crippen LogP contribution < -0.4 is 5.50 Å². The summed E-state index contributed by atoms with van der Waals surface area (Å²) in [7, 11) is -3.31. The molecule has 0 aromatic heterocycles. The van der Waals surface area contributed by atoms with Crippen LogP contribution >= 0.6 is 30.9 Å². The molecule has 0 aliphatic rings. The highest BCUT2D eigenvalue weighted by molar-refractivity contribution is 7.53. The first kappa shape index (κ1) is 19.7. The summed E-state index contributed by atoms with van der Waals surface area (Å²) in [5, 5.41) is 0. The van der Waals surface area contributed by atoms with Crippen molar-refractivity contribution in [3.63, 3.8) is 0 Å². The molecule has 1 unspecified atom stereocenters. The number of halogens is 2. The van der Waals surface area contributed by atoms with Gasteiger partial charge in [-0.25, -0.2) is 10.2 Å². The maximum atomic E-state index is 12.3. The molecule has 1 atom stereocenters. The number of alkyl halides is 2. The Hall–Kier alpha value is -0.350. The zero-order valence-electron chi connectivity index (χ0n) is 12.5. The molecule has 22 heavy (non-hydrogen) atoms. The molecule has 0 fully saturated rings. The standard InChI is InChI=1S/C15H23Cl2N2O2P/c16-10-12-19(13-11-17)22(18,20)21-14-6-2-5-9-15-7-3-1-4-8-15/h1-5,7-8H,6,9-14H2,(H2,18,20)/b5-2-. The van der Waals surface area contributed by atoms with E-state index in [0.717, 1.165) is 6.42 Å². The van der Waals surface area contributed by atoms with Crippen LogP contribution in [0.4, 0.5) is 0 Å². The van der Waals surface area contributed by atoms with E-state index < -0.39 is 7.67 Å². The van der Waals surface area contributed by atoms with E-state index in [2.05, 4.69) is 18.2 Å². The quantitative estimate of drug-likeness (QED) is 0.278. The second kappa shape index (κ2) is 11.2. The molecule has 0 amide bonds. The van der Waals surface area contributed by atoms with Crippen LogP contribution in [-0.2, 0) is 15.5 Å². The number of hydrogen-bond acceptors (Lipinski definition) is 2. The van der Waals surface area contributed by atoms with Crippen LogP contribution in [-0.4, -0.2) is 36.1 Å². The summed E-state index contributed by atoms with van der Waals surface area (Å²) in [5.74, 6) is 0.664. The zero-order valence-corrected chi connectivity index (χ0v) is 14.9. The lowest BCUT2D eigenvalue weighted by molar-refractivity contribution is 0.270. The first-order valence-corrected chi connectivity index (χ1v) is 9.91. The molecule has 0 aliphatic carbocycles. The molecule has 2 N–H and O–H groups in total. The monoisotopic (exact) mass is 364 g/mol. The molecule has 124 valence electrons. The van der Waals surface area contributed by atoms with Crippen molar-refractivity contribution in [2.45, 2.75) is 12.8 Å². The van der Waals surface area contributed by atoms with E-state index in [-0.39, 0.29) is 0 Å². The van der Waals surface area contributed by atoms with Gasteiger partial charge in [-0.2, -0.15) is 0 Å². The van der Waals surface area contributed by atoms with Gasteiger partial charge in [0.1, 0.15) is 0 Å². The molecule has 1 aromatic rings. The predicted octanol–water partition coefficient (Wildman–Crippen LogP) is 4.04. The molecule has 0 saturated carbocycles. The van der Waals surface area contributed by atoms with E-state index in [9.17, 15) is 4.57 Å². The van der Waals surface area contributed by atoms with E-state index >= 15 is 0 Å². The Morgan fingerprint density at radius 1 is 1.14 bits per heavy atom. The van der Waals surface area contributed by atoms with Gasteiger partial charge in [0.05, 0.1) is 6.61 Å². The summed E-state index contributed by atoms with van der Waals surface area (Å²) < 4.78 is 19.1. The van der Waals surface area contributed by atoms with Gasteiger partial charge in [-0.3, -0.25) is 4.57 Å². The van der Waals surface area contributed by atoms with Crippen LogP contribution in [0.2, 0.25) is 0 Å². The Kier molecular flexibility index (Phi) is 10.1. The summed E-state index contributed by atoms with van der Waals surface area (Å²) in [6, 6.07) is 10.2. The van der Waals surface area contributed by atoms with Crippen LogP contribution in [0.1, 0.15) is 12.0 Å². The molecule has 0 radical (unpaired) electrons. The van der Waals surface area contributed by atoms with Gasteiger partial charge in [0, 0.05) is 24.8 Å². The fourth-order valence-electron chi connectivity index (χ4n) is 1.87. The molecule has 1 aromatic carbocycles. The maximum Gasteiger partial charge on any atom is 0.340 e. The number of hydrogen-bond donors (Lipinski definition) is 1. The first-order valence-electron chi connectivity index (χ1n) is 7.19. The minimum atomic E-state index is -3.31. The minimum Gasteiger partial charge on any atom is -0.306 e. The second-order valence-corrected chi connectivity index (χ2v) is 7.39. The Labute approximate surface area is 142 Å². The van der Waals surface area contributed by atoms with E-state index in [1.54, 1.807) is 0 Å².